The fraction of sp³-hybridized carbons (Fsp3) is 0.364. The summed E-state index contributed by atoms with van der Waals surface area (Å²) in [5.74, 6) is 0.541. The second-order valence-corrected chi connectivity index (χ2v) is 7.70. The maximum Gasteiger partial charge on any atom is 0.259 e. The average Bonchev–Trinajstić information content (AvgIpc) is 3.13. The summed E-state index contributed by atoms with van der Waals surface area (Å²) < 4.78 is 21.2. The van der Waals surface area contributed by atoms with Crippen molar-refractivity contribution in [2.24, 2.45) is 0 Å². The molecule has 0 N–H and O–H groups in total. The highest BCUT2D eigenvalue weighted by Gasteiger charge is 2.23. The van der Waals surface area contributed by atoms with Crippen molar-refractivity contribution < 1.29 is 9.13 Å². The molecule has 2 aromatic heterocycles. The largest absolute Gasteiger partial charge is 0.378 e. The van der Waals surface area contributed by atoms with Gasteiger partial charge in [-0.25, -0.2) is 9.37 Å². The normalized spacial score (nSPS) is 16.5. The van der Waals surface area contributed by atoms with Crippen molar-refractivity contribution in [2.75, 3.05) is 42.6 Å². The first-order valence-electron chi connectivity index (χ1n) is 9.98. The van der Waals surface area contributed by atoms with Crippen molar-refractivity contribution in [3.8, 4) is 0 Å². The summed E-state index contributed by atoms with van der Waals surface area (Å²) in [5, 5.41) is 0. The number of rotatable bonds is 3. The predicted octanol–water partition coefficient (Wildman–Crippen LogP) is 2.54. The molecule has 150 valence electrons. The summed E-state index contributed by atoms with van der Waals surface area (Å²) in [6.07, 6.45) is 2.52. The van der Waals surface area contributed by atoms with Crippen molar-refractivity contribution in [2.45, 2.75) is 19.9 Å². The molecule has 29 heavy (non-hydrogen) atoms. The molecule has 0 bridgehead atoms. The van der Waals surface area contributed by atoms with Gasteiger partial charge >= 0.3 is 0 Å². The molecule has 2 aliphatic heterocycles. The van der Waals surface area contributed by atoms with E-state index in [1.165, 1.54) is 6.07 Å². The number of ether oxygens (including phenoxy) is 1. The topological polar surface area (TPSA) is 50.1 Å². The third kappa shape index (κ3) is 3.25. The minimum absolute atomic E-state index is 0.0886. The molecule has 3 aromatic rings. The van der Waals surface area contributed by atoms with Crippen LogP contribution in [0, 0.1) is 12.7 Å². The minimum atomic E-state index is -0.150. The number of hydrogen-bond acceptors (Lipinski definition) is 5. The number of pyridine rings is 1. The molecule has 1 aromatic carbocycles. The number of nitrogens with zero attached hydrogens (tertiary/aromatic N) is 4. The molecule has 0 radical (unpaired) electrons. The quantitative estimate of drug-likeness (QED) is 0.683. The Morgan fingerprint density at radius 3 is 2.83 bits per heavy atom. The number of aromatic nitrogens is 2. The molecule has 0 amide bonds. The molecule has 4 heterocycles. The van der Waals surface area contributed by atoms with Gasteiger partial charge in [0, 0.05) is 55.3 Å². The lowest BCUT2D eigenvalue weighted by atomic mass is 10.1. The molecule has 1 fully saturated rings. The van der Waals surface area contributed by atoms with Crippen LogP contribution in [0.4, 0.5) is 15.9 Å². The lowest BCUT2D eigenvalue weighted by molar-refractivity contribution is 0.122. The Bertz CT molecular complexity index is 1140. The Kier molecular flexibility index (Phi) is 4.47. The van der Waals surface area contributed by atoms with Gasteiger partial charge in [0.2, 0.25) is 0 Å². The fourth-order valence-electron chi connectivity index (χ4n) is 4.31. The SMILES string of the molecule is Cc1cc(CN2CCc3c(F)cccc32)c2nc(N3CCOCC3)cc(=O)n2c1. The maximum atomic E-state index is 14.1. The number of aryl methyl sites for hydroxylation is 1. The summed E-state index contributed by atoms with van der Waals surface area (Å²) in [5.41, 5.74) is 4.23. The molecule has 0 unspecified atom stereocenters. The molecule has 2 aliphatic rings. The zero-order valence-electron chi connectivity index (χ0n) is 16.4. The van der Waals surface area contributed by atoms with Gasteiger partial charge in [-0.2, -0.15) is 0 Å². The Hall–Kier alpha value is -2.93. The lowest BCUT2D eigenvalue weighted by Crippen LogP contribution is -2.37. The van der Waals surface area contributed by atoms with Gasteiger partial charge in [0.25, 0.3) is 5.56 Å². The molecule has 0 saturated carbocycles. The van der Waals surface area contributed by atoms with E-state index >= 15 is 0 Å². The van der Waals surface area contributed by atoms with Crippen molar-refractivity contribution >= 4 is 17.2 Å². The van der Waals surface area contributed by atoms with Crippen LogP contribution in [0.3, 0.4) is 0 Å². The van der Waals surface area contributed by atoms with Crippen LogP contribution in [0.25, 0.3) is 5.65 Å². The van der Waals surface area contributed by atoms with Crippen LogP contribution in [-0.4, -0.2) is 42.2 Å². The van der Waals surface area contributed by atoms with Gasteiger partial charge in [0.15, 0.2) is 0 Å². The first kappa shape index (κ1) is 18.1. The van der Waals surface area contributed by atoms with Crippen LogP contribution in [0.1, 0.15) is 16.7 Å². The predicted molar refractivity (Wildman–Crippen MR) is 110 cm³/mol. The molecule has 0 spiro atoms. The van der Waals surface area contributed by atoms with Gasteiger partial charge in [0.05, 0.1) is 13.2 Å². The molecular weight excluding hydrogens is 371 g/mol. The smallest absolute Gasteiger partial charge is 0.259 e. The van der Waals surface area contributed by atoms with Crippen LogP contribution in [0.5, 0.6) is 0 Å². The molecule has 1 saturated heterocycles. The zero-order valence-corrected chi connectivity index (χ0v) is 16.4. The van der Waals surface area contributed by atoms with E-state index in [0.717, 1.165) is 42.0 Å². The summed E-state index contributed by atoms with van der Waals surface area (Å²) in [6, 6.07) is 8.90. The number of halogens is 1. The van der Waals surface area contributed by atoms with Gasteiger partial charge in [-0.1, -0.05) is 6.07 Å². The van der Waals surface area contributed by atoms with Crippen LogP contribution in [-0.2, 0) is 17.7 Å². The summed E-state index contributed by atoms with van der Waals surface area (Å²) in [4.78, 5) is 21.9. The number of fused-ring (bicyclic) bond motifs is 2. The number of hydrogen-bond donors (Lipinski definition) is 0. The van der Waals surface area contributed by atoms with E-state index in [1.807, 2.05) is 19.2 Å². The third-order valence-electron chi connectivity index (χ3n) is 5.72. The fourth-order valence-corrected chi connectivity index (χ4v) is 4.31. The van der Waals surface area contributed by atoms with Crippen LogP contribution in [0.15, 0.2) is 41.3 Å². The minimum Gasteiger partial charge on any atom is -0.378 e. The third-order valence-corrected chi connectivity index (χ3v) is 5.72. The zero-order chi connectivity index (χ0) is 20.0. The van der Waals surface area contributed by atoms with Crippen molar-refractivity contribution in [3.05, 3.63) is 69.4 Å². The summed E-state index contributed by atoms with van der Waals surface area (Å²) in [6.45, 7) is 6.04. The van der Waals surface area contributed by atoms with Gasteiger partial charge in [-0.3, -0.25) is 9.20 Å². The Morgan fingerprint density at radius 2 is 2.00 bits per heavy atom. The molecule has 0 aliphatic carbocycles. The van der Waals surface area contributed by atoms with Gasteiger partial charge in [-0.05, 0) is 37.1 Å². The summed E-state index contributed by atoms with van der Waals surface area (Å²) in [7, 11) is 0. The van der Waals surface area contributed by atoms with E-state index in [2.05, 4.69) is 15.9 Å². The second-order valence-electron chi connectivity index (χ2n) is 7.70. The van der Waals surface area contributed by atoms with Gasteiger partial charge in [-0.15, -0.1) is 0 Å². The van der Waals surface area contributed by atoms with E-state index in [-0.39, 0.29) is 11.4 Å². The van der Waals surface area contributed by atoms with E-state index in [0.29, 0.717) is 37.6 Å². The average molecular weight is 394 g/mol. The van der Waals surface area contributed by atoms with E-state index < -0.39 is 0 Å². The van der Waals surface area contributed by atoms with Crippen LogP contribution >= 0.6 is 0 Å². The first-order chi connectivity index (χ1) is 14.1. The summed E-state index contributed by atoms with van der Waals surface area (Å²) >= 11 is 0. The van der Waals surface area contributed by atoms with Crippen LogP contribution < -0.4 is 15.4 Å². The molecule has 6 nitrogen and oxygen atoms in total. The maximum absolute atomic E-state index is 14.1. The van der Waals surface area contributed by atoms with E-state index in [1.54, 1.807) is 16.5 Å². The highest BCUT2D eigenvalue weighted by molar-refractivity contribution is 5.61. The van der Waals surface area contributed by atoms with Crippen LogP contribution in [0.2, 0.25) is 0 Å². The van der Waals surface area contributed by atoms with Gasteiger partial charge in [0.1, 0.15) is 17.3 Å². The monoisotopic (exact) mass is 394 g/mol. The second kappa shape index (κ2) is 7.15. The first-order valence-corrected chi connectivity index (χ1v) is 9.98. The van der Waals surface area contributed by atoms with Crippen molar-refractivity contribution in [1.29, 1.82) is 0 Å². The van der Waals surface area contributed by atoms with Gasteiger partial charge < -0.3 is 14.5 Å². The lowest BCUT2D eigenvalue weighted by Gasteiger charge is -2.28. The Labute approximate surface area is 168 Å². The van der Waals surface area contributed by atoms with Crippen molar-refractivity contribution in [3.63, 3.8) is 0 Å². The van der Waals surface area contributed by atoms with Crippen molar-refractivity contribution in [1.82, 2.24) is 9.38 Å². The Morgan fingerprint density at radius 1 is 1.17 bits per heavy atom. The number of benzene rings is 1. The molecule has 7 heteroatoms. The highest BCUT2D eigenvalue weighted by Crippen LogP contribution is 2.31. The van der Waals surface area contributed by atoms with E-state index in [9.17, 15) is 9.18 Å². The molecular formula is C22H23FN4O2. The highest BCUT2D eigenvalue weighted by atomic mass is 19.1. The number of morpholine rings is 1. The molecule has 5 rings (SSSR count). The molecule has 0 atom stereocenters. The Balaban J connectivity index is 1.58. The standard InChI is InChI=1S/C22H23FN4O2/c1-15-11-16(14-26-6-5-17-18(23)3-2-4-19(17)26)22-24-20(12-21(28)27(22)13-15)25-7-9-29-10-8-25/h2-4,11-13H,5-10,14H2,1H3. The number of anilines is 2. The van der Waals surface area contributed by atoms with E-state index in [4.69, 9.17) is 9.72 Å².